The molecule has 0 radical (unpaired) electrons. The molecule has 1 amide bonds. The molecule has 17 heavy (non-hydrogen) atoms. The Hall–Kier alpha value is -1.61. The number of aliphatic hydroxyl groups is 1. The summed E-state index contributed by atoms with van der Waals surface area (Å²) in [7, 11) is 0. The van der Waals surface area contributed by atoms with E-state index in [1.165, 1.54) is 0 Å². The van der Waals surface area contributed by atoms with E-state index in [4.69, 9.17) is 5.11 Å². The van der Waals surface area contributed by atoms with Crippen molar-refractivity contribution in [3.8, 4) is 0 Å². The van der Waals surface area contributed by atoms with E-state index < -0.39 is 0 Å². The molecule has 1 rings (SSSR count). The predicted molar refractivity (Wildman–Crippen MR) is 69.7 cm³/mol. The summed E-state index contributed by atoms with van der Waals surface area (Å²) in [5, 5.41) is 11.9. The molecule has 3 heteroatoms. The van der Waals surface area contributed by atoms with Crippen molar-refractivity contribution < 1.29 is 9.90 Å². The van der Waals surface area contributed by atoms with Crippen molar-refractivity contribution in [2.75, 3.05) is 13.2 Å². The fourth-order valence-corrected chi connectivity index (χ4v) is 1.25. The Morgan fingerprint density at radius 3 is 2.47 bits per heavy atom. The van der Waals surface area contributed by atoms with Crippen molar-refractivity contribution in [3.05, 3.63) is 42.0 Å². The molecule has 0 aromatic heterocycles. The summed E-state index contributed by atoms with van der Waals surface area (Å²) >= 11 is 0. The molecule has 3 nitrogen and oxygen atoms in total. The van der Waals surface area contributed by atoms with Gasteiger partial charge in [-0.1, -0.05) is 38.6 Å². The quantitative estimate of drug-likeness (QED) is 0.818. The lowest BCUT2D eigenvalue weighted by Crippen LogP contribution is -2.36. The van der Waals surface area contributed by atoms with E-state index in [0.717, 1.165) is 5.56 Å². The van der Waals surface area contributed by atoms with Gasteiger partial charge in [0.2, 0.25) is 0 Å². The maximum Gasteiger partial charge on any atom is 0.251 e. The molecule has 0 spiro atoms. The zero-order valence-corrected chi connectivity index (χ0v) is 10.4. The van der Waals surface area contributed by atoms with Crippen LogP contribution in [0.1, 0.15) is 29.8 Å². The number of carbonyl (C=O) groups is 1. The molecule has 0 heterocycles. The number of benzene rings is 1. The Morgan fingerprint density at radius 2 is 2.00 bits per heavy atom. The average Bonchev–Trinajstić information content (AvgIpc) is 2.36. The van der Waals surface area contributed by atoms with Crippen molar-refractivity contribution in [1.82, 2.24) is 5.32 Å². The summed E-state index contributed by atoms with van der Waals surface area (Å²) in [5.74, 6) is -0.123. The van der Waals surface area contributed by atoms with Gasteiger partial charge in [0, 0.05) is 24.1 Å². The van der Waals surface area contributed by atoms with Crippen LogP contribution in [-0.2, 0) is 0 Å². The first kappa shape index (κ1) is 13.5. The number of aliphatic hydroxyl groups excluding tert-OH is 1. The van der Waals surface area contributed by atoms with Crippen molar-refractivity contribution in [2.45, 2.75) is 13.8 Å². The lowest BCUT2D eigenvalue weighted by Gasteiger charge is -2.21. The van der Waals surface area contributed by atoms with Crippen molar-refractivity contribution in [1.29, 1.82) is 0 Å². The lowest BCUT2D eigenvalue weighted by atomic mass is 9.95. The monoisotopic (exact) mass is 233 g/mol. The molecule has 0 aliphatic carbocycles. The third kappa shape index (κ3) is 4.04. The van der Waals surface area contributed by atoms with Crippen LogP contribution < -0.4 is 5.32 Å². The van der Waals surface area contributed by atoms with Crippen LogP contribution in [-0.4, -0.2) is 24.2 Å². The summed E-state index contributed by atoms with van der Waals surface area (Å²) in [6, 6.07) is 7.22. The van der Waals surface area contributed by atoms with E-state index >= 15 is 0 Å². The van der Waals surface area contributed by atoms with E-state index in [-0.39, 0.29) is 17.9 Å². The van der Waals surface area contributed by atoms with Gasteiger partial charge in [-0.3, -0.25) is 4.79 Å². The maximum atomic E-state index is 11.8. The SMILES string of the molecule is C=Cc1ccc(C(=O)NCC(C)(C)CO)cc1. The molecule has 1 aromatic rings. The van der Waals surface area contributed by atoms with Crippen molar-refractivity contribution in [2.24, 2.45) is 5.41 Å². The minimum Gasteiger partial charge on any atom is -0.396 e. The second kappa shape index (κ2) is 5.64. The van der Waals surface area contributed by atoms with Crippen LogP contribution in [0.15, 0.2) is 30.8 Å². The van der Waals surface area contributed by atoms with E-state index in [9.17, 15) is 4.79 Å². The highest BCUT2D eigenvalue weighted by Crippen LogP contribution is 2.12. The van der Waals surface area contributed by atoms with Gasteiger partial charge in [-0.15, -0.1) is 0 Å². The van der Waals surface area contributed by atoms with Crippen molar-refractivity contribution in [3.63, 3.8) is 0 Å². The van der Waals surface area contributed by atoms with Crippen LogP contribution in [0.5, 0.6) is 0 Å². The molecule has 2 N–H and O–H groups in total. The highest BCUT2D eigenvalue weighted by Gasteiger charge is 2.17. The summed E-state index contributed by atoms with van der Waals surface area (Å²) < 4.78 is 0. The molecule has 0 atom stereocenters. The summed E-state index contributed by atoms with van der Waals surface area (Å²) in [6.07, 6.45) is 1.73. The zero-order chi connectivity index (χ0) is 12.9. The van der Waals surface area contributed by atoms with Gasteiger partial charge in [-0.2, -0.15) is 0 Å². The van der Waals surface area contributed by atoms with Crippen LogP contribution in [0.3, 0.4) is 0 Å². The largest absolute Gasteiger partial charge is 0.396 e. The standard InChI is InChI=1S/C14H19NO2/c1-4-11-5-7-12(8-6-11)13(17)15-9-14(2,3)10-16/h4-8,16H,1,9-10H2,2-3H3,(H,15,17). The number of hydrogen-bond acceptors (Lipinski definition) is 2. The minimum atomic E-state index is -0.295. The second-order valence-electron chi connectivity index (χ2n) is 4.83. The van der Waals surface area contributed by atoms with Gasteiger partial charge >= 0.3 is 0 Å². The molecule has 0 aliphatic heterocycles. The highest BCUT2D eigenvalue weighted by atomic mass is 16.3. The molecular weight excluding hydrogens is 214 g/mol. The normalized spacial score (nSPS) is 11.0. The summed E-state index contributed by atoms with van der Waals surface area (Å²) in [6.45, 7) is 7.94. The van der Waals surface area contributed by atoms with E-state index in [1.807, 2.05) is 26.0 Å². The topological polar surface area (TPSA) is 49.3 Å². The van der Waals surface area contributed by atoms with Crippen LogP contribution in [0, 0.1) is 5.41 Å². The molecule has 0 unspecified atom stereocenters. The zero-order valence-electron chi connectivity index (χ0n) is 10.4. The van der Waals surface area contributed by atoms with Crippen molar-refractivity contribution >= 4 is 12.0 Å². The molecule has 0 aliphatic rings. The Kier molecular flexibility index (Phi) is 4.46. The van der Waals surface area contributed by atoms with Gasteiger partial charge in [0.05, 0.1) is 0 Å². The van der Waals surface area contributed by atoms with Gasteiger partial charge in [-0.25, -0.2) is 0 Å². The number of nitrogens with one attached hydrogen (secondary N) is 1. The average molecular weight is 233 g/mol. The maximum absolute atomic E-state index is 11.8. The molecular formula is C14H19NO2. The Morgan fingerprint density at radius 1 is 1.41 bits per heavy atom. The smallest absolute Gasteiger partial charge is 0.251 e. The molecule has 0 saturated carbocycles. The van der Waals surface area contributed by atoms with Gasteiger partial charge in [0.25, 0.3) is 5.91 Å². The van der Waals surface area contributed by atoms with Gasteiger partial charge in [-0.05, 0) is 17.7 Å². The van der Waals surface area contributed by atoms with E-state index in [1.54, 1.807) is 18.2 Å². The van der Waals surface area contributed by atoms with Gasteiger partial charge < -0.3 is 10.4 Å². The van der Waals surface area contributed by atoms with E-state index in [0.29, 0.717) is 12.1 Å². The first-order valence-corrected chi connectivity index (χ1v) is 5.60. The predicted octanol–water partition coefficient (Wildman–Crippen LogP) is 2.08. The van der Waals surface area contributed by atoms with Crippen LogP contribution in [0.2, 0.25) is 0 Å². The Balaban J connectivity index is 2.61. The molecule has 0 fully saturated rings. The highest BCUT2D eigenvalue weighted by molar-refractivity contribution is 5.94. The van der Waals surface area contributed by atoms with E-state index in [2.05, 4.69) is 11.9 Å². The summed E-state index contributed by atoms with van der Waals surface area (Å²) in [5.41, 5.74) is 1.30. The summed E-state index contributed by atoms with van der Waals surface area (Å²) in [4.78, 5) is 11.8. The molecule has 92 valence electrons. The van der Waals surface area contributed by atoms with Gasteiger partial charge in [0.1, 0.15) is 0 Å². The number of hydrogen-bond donors (Lipinski definition) is 2. The fraction of sp³-hybridized carbons (Fsp3) is 0.357. The fourth-order valence-electron chi connectivity index (χ4n) is 1.25. The number of rotatable bonds is 5. The van der Waals surface area contributed by atoms with Crippen LogP contribution in [0.4, 0.5) is 0 Å². The van der Waals surface area contributed by atoms with Gasteiger partial charge in [0.15, 0.2) is 0 Å². The third-order valence-electron chi connectivity index (χ3n) is 2.56. The molecule has 0 bridgehead atoms. The lowest BCUT2D eigenvalue weighted by molar-refractivity contribution is 0.0911. The molecule has 0 saturated heterocycles. The minimum absolute atomic E-state index is 0.0443. The first-order chi connectivity index (χ1) is 7.98. The van der Waals surface area contributed by atoms with Crippen LogP contribution in [0.25, 0.3) is 6.08 Å². The second-order valence-corrected chi connectivity index (χ2v) is 4.83. The number of amides is 1. The first-order valence-electron chi connectivity index (χ1n) is 5.60. The Labute approximate surface area is 102 Å². The number of carbonyl (C=O) groups excluding carboxylic acids is 1. The Bertz CT molecular complexity index is 393. The van der Waals surface area contributed by atoms with Crippen LogP contribution >= 0.6 is 0 Å². The molecule has 1 aromatic carbocycles. The third-order valence-corrected chi connectivity index (χ3v) is 2.56.